The molecule has 1 aliphatic rings. The van der Waals surface area contributed by atoms with Crippen LogP contribution in [0.1, 0.15) is 79.6 Å². The van der Waals surface area contributed by atoms with E-state index in [1.54, 1.807) is 0 Å². The van der Waals surface area contributed by atoms with Crippen molar-refractivity contribution in [3.05, 3.63) is 12.2 Å². The fraction of sp³-hybridized carbons (Fsp3) is 0.720. The van der Waals surface area contributed by atoms with Gasteiger partial charge in [0.05, 0.1) is 6.04 Å². The van der Waals surface area contributed by atoms with Crippen LogP contribution < -0.4 is 16.4 Å². The molecule has 1 rings (SSSR count). The molecular formula is C25H42N4O5. The van der Waals surface area contributed by atoms with Crippen LogP contribution in [0.15, 0.2) is 12.2 Å². The lowest BCUT2D eigenvalue weighted by Gasteiger charge is -2.28. The minimum absolute atomic E-state index is 0.0446. The van der Waals surface area contributed by atoms with Crippen LogP contribution in [0, 0.1) is 11.3 Å². The highest BCUT2D eigenvalue weighted by Gasteiger charge is 2.33. The molecule has 9 nitrogen and oxygen atoms in total. The predicted molar refractivity (Wildman–Crippen MR) is 130 cm³/mol. The molecule has 192 valence electrons. The molecule has 0 aromatic carbocycles. The topological polar surface area (TPSA) is 139 Å². The predicted octanol–water partition coefficient (Wildman–Crippen LogP) is 1.84. The zero-order valence-corrected chi connectivity index (χ0v) is 21.3. The molecule has 34 heavy (non-hydrogen) atoms. The number of rotatable bonds is 15. The number of Topliss-reactive ketones (excluding diaryl/α,β-unsaturated/α-hetero) is 1. The van der Waals surface area contributed by atoms with Crippen molar-refractivity contribution in [1.29, 1.82) is 0 Å². The molecule has 0 spiro atoms. The molecule has 0 saturated carbocycles. The van der Waals surface area contributed by atoms with Gasteiger partial charge in [-0.05, 0) is 44.6 Å². The third kappa shape index (κ3) is 9.75. The van der Waals surface area contributed by atoms with Gasteiger partial charge >= 0.3 is 0 Å². The van der Waals surface area contributed by atoms with Crippen molar-refractivity contribution >= 4 is 29.4 Å². The highest BCUT2D eigenvalue weighted by molar-refractivity contribution is 6.12. The first-order valence-electron chi connectivity index (χ1n) is 12.3. The van der Waals surface area contributed by atoms with E-state index >= 15 is 0 Å². The van der Waals surface area contributed by atoms with Crippen LogP contribution in [0.3, 0.4) is 0 Å². The number of nitrogens with zero attached hydrogens (tertiary/aromatic N) is 1. The van der Waals surface area contributed by atoms with Crippen LogP contribution in [0.2, 0.25) is 0 Å². The molecule has 0 saturated heterocycles. The molecule has 4 N–H and O–H groups in total. The van der Waals surface area contributed by atoms with Crippen molar-refractivity contribution in [1.82, 2.24) is 15.5 Å². The summed E-state index contributed by atoms with van der Waals surface area (Å²) >= 11 is 0. The number of carbonyl (C=O) groups excluding carboxylic acids is 5. The van der Waals surface area contributed by atoms with E-state index in [2.05, 4.69) is 10.6 Å². The van der Waals surface area contributed by atoms with Gasteiger partial charge in [0.15, 0.2) is 5.78 Å². The number of hydrogen-bond acceptors (Lipinski definition) is 6. The van der Waals surface area contributed by atoms with E-state index in [4.69, 9.17) is 5.73 Å². The Morgan fingerprint density at radius 2 is 1.56 bits per heavy atom. The molecule has 2 atom stereocenters. The molecule has 0 aromatic heterocycles. The molecule has 1 aliphatic heterocycles. The Morgan fingerprint density at radius 3 is 2.09 bits per heavy atom. The number of nitrogens with two attached hydrogens (primary N) is 1. The summed E-state index contributed by atoms with van der Waals surface area (Å²) in [6.45, 7) is 10.0. The summed E-state index contributed by atoms with van der Waals surface area (Å²) in [6, 6.07) is -1.37. The van der Waals surface area contributed by atoms with Crippen LogP contribution in [0.4, 0.5) is 0 Å². The van der Waals surface area contributed by atoms with Gasteiger partial charge in [0.2, 0.25) is 11.8 Å². The maximum Gasteiger partial charge on any atom is 0.253 e. The van der Waals surface area contributed by atoms with Crippen LogP contribution in [-0.4, -0.2) is 59.5 Å². The van der Waals surface area contributed by atoms with E-state index in [0.717, 1.165) is 12.8 Å². The van der Waals surface area contributed by atoms with Gasteiger partial charge in [0, 0.05) is 30.5 Å². The Balaban J connectivity index is 2.56. The lowest BCUT2D eigenvalue weighted by Crippen LogP contribution is -2.55. The summed E-state index contributed by atoms with van der Waals surface area (Å²) in [5.41, 5.74) is 4.97. The Labute approximate surface area is 203 Å². The first kappa shape index (κ1) is 29.5. The number of imide groups is 1. The van der Waals surface area contributed by atoms with E-state index in [1.807, 2.05) is 34.6 Å². The fourth-order valence-electron chi connectivity index (χ4n) is 3.71. The van der Waals surface area contributed by atoms with Crippen molar-refractivity contribution in [3.63, 3.8) is 0 Å². The average Bonchev–Trinajstić information content (AvgIpc) is 3.07. The van der Waals surface area contributed by atoms with Gasteiger partial charge in [-0.1, -0.05) is 41.0 Å². The lowest BCUT2D eigenvalue weighted by atomic mass is 9.84. The largest absolute Gasteiger partial charge is 0.344 e. The van der Waals surface area contributed by atoms with Crippen molar-refractivity contribution in [2.45, 2.75) is 91.6 Å². The zero-order chi connectivity index (χ0) is 25.9. The maximum absolute atomic E-state index is 13.0. The van der Waals surface area contributed by atoms with Crippen molar-refractivity contribution in [3.8, 4) is 0 Å². The van der Waals surface area contributed by atoms with Crippen LogP contribution >= 0.6 is 0 Å². The number of ketones is 1. The minimum Gasteiger partial charge on any atom is -0.344 e. The summed E-state index contributed by atoms with van der Waals surface area (Å²) < 4.78 is 0. The molecule has 4 amide bonds. The lowest BCUT2D eigenvalue weighted by molar-refractivity contribution is -0.137. The quantitative estimate of drug-likeness (QED) is 0.242. The molecule has 0 aromatic rings. The Bertz CT molecular complexity index is 752. The Kier molecular flexibility index (Phi) is 12.1. The van der Waals surface area contributed by atoms with Crippen molar-refractivity contribution in [2.24, 2.45) is 17.1 Å². The summed E-state index contributed by atoms with van der Waals surface area (Å²) in [5.74, 6) is -1.42. The number of nitrogens with one attached hydrogen (secondary N) is 2. The average molecular weight is 479 g/mol. The summed E-state index contributed by atoms with van der Waals surface area (Å²) in [6.07, 6.45) is 6.61. The van der Waals surface area contributed by atoms with Gasteiger partial charge in [0.25, 0.3) is 11.8 Å². The summed E-state index contributed by atoms with van der Waals surface area (Å²) in [7, 11) is 0. The maximum atomic E-state index is 13.0. The van der Waals surface area contributed by atoms with Gasteiger partial charge in [-0.3, -0.25) is 28.9 Å². The molecule has 1 heterocycles. The number of amides is 4. The number of carbonyl (C=O) groups is 5. The van der Waals surface area contributed by atoms with Gasteiger partial charge < -0.3 is 16.4 Å². The van der Waals surface area contributed by atoms with Gasteiger partial charge in [-0.25, -0.2) is 0 Å². The SMILES string of the molecule is CC(C)C(NC(=O)CCCCCN1C(=O)C=CC1=O)C(=O)NC(CCCCN)C(=O)C(C)(C)C. The second-order valence-corrected chi connectivity index (χ2v) is 10.2. The van der Waals surface area contributed by atoms with Crippen molar-refractivity contribution in [2.75, 3.05) is 13.1 Å². The van der Waals surface area contributed by atoms with Crippen LogP contribution in [-0.2, 0) is 24.0 Å². The Morgan fingerprint density at radius 1 is 0.941 bits per heavy atom. The first-order chi connectivity index (χ1) is 15.9. The molecular weight excluding hydrogens is 436 g/mol. The summed E-state index contributed by atoms with van der Waals surface area (Å²) in [4.78, 5) is 62.6. The normalized spacial score (nSPS) is 15.6. The highest BCUT2D eigenvalue weighted by Crippen LogP contribution is 2.20. The molecule has 0 fully saturated rings. The number of unbranched alkanes of at least 4 members (excludes halogenated alkanes) is 3. The summed E-state index contributed by atoms with van der Waals surface area (Å²) in [5, 5.41) is 5.67. The molecule has 9 heteroatoms. The third-order valence-electron chi connectivity index (χ3n) is 5.77. The van der Waals surface area contributed by atoms with E-state index in [0.29, 0.717) is 38.8 Å². The smallest absolute Gasteiger partial charge is 0.253 e. The zero-order valence-electron chi connectivity index (χ0n) is 21.3. The number of hydrogen-bond donors (Lipinski definition) is 3. The first-order valence-corrected chi connectivity index (χ1v) is 12.3. The molecule has 2 unspecified atom stereocenters. The molecule has 0 radical (unpaired) electrons. The van der Waals surface area contributed by atoms with Gasteiger partial charge in [-0.15, -0.1) is 0 Å². The monoisotopic (exact) mass is 478 g/mol. The fourth-order valence-corrected chi connectivity index (χ4v) is 3.71. The molecule has 0 bridgehead atoms. The minimum atomic E-state index is -0.747. The van der Waals surface area contributed by atoms with E-state index in [1.165, 1.54) is 17.1 Å². The van der Waals surface area contributed by atoms with Crippen LogP contribution in [0.5, 0.6) is 0 Å². The molecule has 0 aliphatic carbocycles. The second-order valence-electron chi connectivity index (χ2n) is 10.2. The van der Waals surface area contributed by atoms with Crippen molar-refractivity contribution < 1.29 is 24.0 Å². The third-order valence-corrected chi connectivity index (χ3v) is 5.77. The second kappa shape index (κ2) is 14.0. The van der Waals surface area contributed by atoms with E-state index in [-0.39, 0.29) is 41.8 Å². The van der Waals surface area contributed by atoms with Gasteiger partial charge in [-0.2, -0.15) is 0 Å². The van der Waals surface area contributed by atoms with Crippen LogP contribution in [0.25, 0.3) is 0 Å². The van der Waals surface area contributed by atoms with Gasteiger partial charge in [0.1, 0.15) is 6.04 Å². The van der Waals surface area contributed by atoms with E-state index in [9.17, 15) is 24.0 Å². The Hall–Kier alpha value is -2.55. The highest BCUT2D eigenvalue weighted by atomic mass is 16.2. The van der Waals surface area contributed by atoms with E-state index < -0.39 is 17.5 Å². The standard InChI is InChI=1S/C25H42N4O5/c1-17(2)22(24(34)27-18(11-8-9-15-26)23(33)25(3,4)5)28-19(30)12-7-6-10-16-29-20(31)13-14-21(29)32/h13-14,17-18,22H,6-12,15-16,26H2,1-5H3,(H,27,34)(H,28,30).